The van der Waals surface area contributed by atoms with Crippen LogP contribution in [0.25, 0.3) is 16.4 Å². The first-order valence-electron chi connectivity index (χ1n) is 11.7. The summed E-state index contributed by atoms with van der Waals surface area (Å²) >= 11 is 0. The van der Waals surface area contributed by atoms with Crippen LogP contribution in [0.1, 0.15) is 52.5 Å². The Morgan fingerprint density at radius 2 is 1.80 bits per heavy atom. The molecule has 0 aliphatic carbocycles. The molecule has 0 unspecified atom stereocenters. The lowest BCUT2D eigenvalue weighted by atomic mass is 10.0. The fraction of sp³-hybridized carbons (Fsp3) is 0.480. The van der Waals surface area contributed by atoms with Gasteiger partial charge in [-0.2, -0.15) is 4.79 Å². The maximum atomic E-state index is 13.3. The summed E-state index contributed by atoms with van der Waals surface area (Å²) in [5, 5.41) is 6.35. The summed E-state index contributed by atoms with van der Waals surface area (Å²) in [5.41, 5.74) is 10.3. The molecule has 1 heterocycles. The summed E-state index contributed by atoms with van der Waals surface area (Å²) in [5.74, 6) is -1.96. The predicted octanol–water partition coefficient (Wildman–Crippen LogP) is 2.33. The zero-order valence-corrected chi connectivity index (χ0v) is 20.5. The zero-order valence-electron chi connectivity index (χ0n) is 20.5. The van der Waals surface area contributed by atoms with Gasteiger partial charge < -0.3 is 25.9 Å². The molecule has 2 atom stereocenters. The number of fused-ring (bicyclic) bond motifs is 1. The summed E-state index contributed by atoms with van der Waals surface area (Å²) in [6.07, 6.45) is 2.34. The lowest BCUT2D eigenvalue weighted by Crippen LogP contribution is -2.53. The smallest absolute Gasteiger partial charge is 0.328 e. The second kappa shape index (κ2) is 13.2. The van der Waals surface area contributed by atoms with Gasteiger partial charge in [0.05, 0.1) is 6.10 Å². The quantitative estimate of drug-likeness (QED) is 0.173. The number of hydrogen-bond donors (Lipinski definition) is 3. The van der Waals surface area contributed by atoms with Crippen LogP contribution in [-0.2, 0) is 30.3 Å². The van der Waals surface area contributed by atoms with Gasteiger partial charge in [0.1, 0.15) is 12.1 Å². The second-order valence-electron chi connectivity index (χ2n) is 9.08. The molecular formula is C25H33N5O5. The lowest BCUT2D eigenvalue weighted by molar-refractivity contribution is -0.152. The van der Waals surface area contributed by atoms with Crippen LogP contribution < -0.4 is 10.6 Å². The predicted molar refractivity (Wildman–Crippen MR) is 130 cm³/mol. The number of benzene rings is 1. The molecule has 10 nitrogen and oxygen atoms in total. The number of H-pyrrole nitrogens is 1. The highest BCUT2D eigenvalue weighted by Gasteiger charge is 2.29. The Labute approximate surface area is 204 Å². The normalized spacial score (nSPS) is 12.6. The van der Waals surface area contributed by atoms with Gasteiger partial charge in [0, 0.05) is 36.4 Å². The highest BCUT2D eigenvalue weighted by molar-refractivity contribution is 6.25. The standard InChI is InChI=1S/C25H33N5O5/c1-15(2)11-23(32)29-22(12-17-13-27-20-8-6-5-7-19(17)20)24(33)30-21(25(34)35-16(3)4)10-9-18(31)14-28-26/h5-8,13-16,21-22,27H,9-12H2,1-4H3,(H,29,32)(H,30,33)/t21-,22-/m0/s1. The fourth-order valence-corrected chi connectivity index (χ4v) is 3.60. The lowest BCUT2D eigenvalue weighted by Gasteiger charge is -2.23. The molecule has 10 heteroatoms. The SMILES string of the molecule is CC(C)CC(=O)N[C@@H](Cc1c[nH]c2ccccc12)C(=O)N[C@@H](CCC(=O)C=[N+]=[N-])C(=O)OC(C)C. The van der Waals surface area contributed by atoms with Crippen molar-refractivity contribution in [3.05, 3.63) is 41.6 Å². The van der Waals surface area contributed by atoms with E-state index in [1.165, 1.54) is 0 Å². The highest BCUT2D eigenvalue weighted by atomic mass is 16.5. The number of hydrogen-bond acceptors (Lipinski definition) is 5. The van der Waals surface area contributed by atoms with E-state index in [4.69, 9.17) is 10.3 Å². The largest absolute Gasteiger partial charge is 0.461 e. The van der Waals surface area contributed by atoms with Gasteiger partial charge in [-0.25, -0.2) is 4.79 Å². The van der Waals surface area contributed by atoms with Crippen molar-refractivity contribution in [3.63, 3.8) is 0 Å². The van der Waals surface area contributed by atoms with Crippen LogP contribution in [0.5, 0.6) is 0 Å². The number of amides is 2. The first kappa shape index (κ1) is 27.5. The topological polar surface area (TPSA) is 154 Å². The summed E-state index contributed by atoms with van der Waals surface area (Å²) in [6.45, 7) is 7.15. The molecule has 188 valence electrons. The van der Waals surface area contributed by atoms with Gasteiger partial charge >= 0.3 is 12.2 Å². The Bertz CT molecular complexity index is 1100. The van der Waals surface area contributed by atoms with Crippen LogP contribution in [0, 0.1) is 5.92 Å². The molecule has 0 saturated carbocycles. The molecule has 0 aliphatic rings. The first-order valence-corrected chi connectivity index (χ1v) is 11.7. The molecule has 0 saturated heterocycles. The van der Waals surface area contributed by atoms with Gasteiger partial charge in [-0.3, -0.25) is 14.4 Å². The van der Waals surface area contributed by atoms with E-state index in [1.807, 2.05) is 38.1 Å². The van der Waals surface area contributed by atoms with Gasteiger partial charge in [-0.05, 0) is 37.8 Å². The van der Waals surface area contributed by atoms with Crippen molar-refractivity contribution < 1.29 is 28.7 Å². The molecule has 2 rings (SSSR count). The fourth-order valence-electron chi connectivity index (χ4n) is 3.60. The van der Waals surface area contributed by atoms with Gasteiger partial charge in [0.2, 0.25) is 17.6 Å². The molecule has 0 bridgehead atoms. The number of aromatic amines is 1. The van der Waals surface area contributed by atoms with Gasteiger partial charge in [-0.15, -0.1) is 0 Å². The highest BCUT2D eigenvalue weighted by Crippen LogP contribution is 2.19. The average molecular weight is 484 g/mol. The van der Waals surface area contributed by atoms with E-state index in [9.17, 15) is 19.2 Å². The van der Waals surface area contributed by atoms with Crippen LogP contribution in [0.3, 0.4) is 0 Å². The molecule has 3 N–H and O–H groups in total. The second-order valence-corrected chi connectivity index (χ2v) is 9.08. The Balaban J connectivity index is 2.26. The number of esters is 1. The van der Waals surface area contributed by atoms with Crippen molar-refractivity contribution in [3.8, 4) is 0 Å². The van der Waals surface area contributed by atoms with Crippen molar-refractivity contribution in [2.24, 2.45) is 5.92 Å². The van der Waals surface area contributed by atoms with Crippen molar-refractivity contribution in [2.45, 2.75) is 71.6 Å². The number of ether oxygens (including phenoxy) is 1. The molecule has 2 aromatic rings. The summed E-state index contributed by atoms with van der Waals surface area (Å²) in [4.78, 5) is 56.1. The van der Waals surface area contributed by atoms with Gasteiger partial charge in [-0.1, -0.05) is 32.0 Å². The van der Waals surface area contributed by atoms with Crippen molar-refractivity contribution in [1.82, 2.24) is 15.6 Å². The Hall–Kier alpha value is -3.78. The minimum atomic E-state index is -1.12. The Morgan fingerprint density at radius 1 is 1.09 bits per heavy atom. The summed E-state index contributed by atoms with van der Waals surface area (Å²) in [7, 11) is 0. The number of nitrogens with one attached hydrogen (secondary N) is 3. The first-order chi connectivity index (χ1) is 16.6. The van der Waals surface area contributed by atoms with Gasteiger partial charge in [0.15, 0.2) is 0 Å². The summed E-state index contributed by atoms with van der Waals surface area (Å²) < 4.78 is 5.24. The van der Waals surface area contributed by atoms with E-state index < -0.39 is 35.8 Å². The van der Waals surface area contributed by atoms with E-state index in [0.29, 0.717) is 0 Å². The maximum Gasteiger partial charge on any atom is 0.328 e. The molecule has 0 spiro atoms. The third-order valence-electron chi connectivity index (χ3n) is 5.18. The number of carbonyl (C=O) groups is 4. The minimum Gasteiger partial charge on any atom is -0.461 e. The number of ketones is 1. The molecule has 2 amide bonds. The number of rotatable bonds is 13. The van der Waals surface area contributed by atoms with Crippen molar-refractivity contribution in [2.75, 3.05) is 0 Å². The van der Waals surface area contributed by atoms with Crippen LogP contribution in [0.15, 0.2) is 30.5 Å². The average Bonchev–Trinajstić information content (AvgIpc) is 3.18. The molecule has 1 aromatic heterocycles. The molecular weight excluding hydrogens is 450 g/mol. The monoisotopic (exact) mass is 483 g/mol. The van der Waals surface area contributed by atoms with Crippen LogP contribution in [0.4, 0.5) is 0 Å². The Kier molecular flexibility index (Phi) is 10.4. The Morgan fingerprint density at radius 3 is 2.46 bits per heavy atom. The van der Waals surface area contributed by atoms with E-state index in [2.05, 4.69) is 20.4 Å². The summed E-state index contributed by atoms with van der Waals surface area (Å²) in [6, 6.07) is 5.54. The number of nitrogens with zero attached hydrogens (tertiary/aromatic N) is 2. The number of para-hydroxylation sites is 1. The van der Waals surface area contributed by atoms with Gasteiger partial charge in [0.25, 0.3) is 0 Å². The van der Waals surface area contributed by atoms with Crippen molar-refractivity contribution >= 4 is 40.7 Å². The van der Waals surface area contributed by atoms with Crippen molar-refractivity contribution in [1.29, 1.82) is 0 Å². The third kappa shape index (κ3) is 8.83. The van der Waals surface area contributed by atoms with Crippen LogP contribution in [0.2, 0.25) is 0 Å². The van der Waals surface area contributed by atoms with Crippen LogP contribution in [-0.4, -0.2) is 57.7 Å². The van der Waals surface area contributed by atoms with E-state index >= 15 is 0 Å². The van der Waals surface area contributed by atoms with Crippen LogP contribution >= 0.6 is 0 Å². The molecule has 35 heavy (non-hydrogen) atoms. The molecule has 0 aliphatic heterocycles. The van der Waals surface area contributed by atoms with E-state index in [1.54, 1.807) is 20.0 Å². The van der Waals surface area contributed by atoms with E-state index in [-0.39, 0.29) is 37.5 Å². The number of Topliss-reactive ketones (excluding diaryl/α,β-unsaturated/α-hetero) is 1. The minimum absolute atomic E-state index is 0.0537. The van der Waals surface area contributed by atoms with E-state index in [0.717, 1.165) is 22.7 Å². The number of carbonyl (C=O) groups excluding carboxylic acids is 4. The molecule has 0 fully saturated rings. The number of aromatic nitrogens is 1. The zero-order chi connectivity index (χ0) is 26.0. The molecule has 0 radical (unpaired) electrons. The third-order valence-corrected chi connectivity index (χ3v) is 5.18. The maximum absolute atomic E-state index is 13.3. The molecule has 1 aromatic carbocycles.